The summed E-state index contributed by atoms with van der Waals surface area (Å²) in [5.41, 5.74) is -4.66. The van der Waals surface area contributed by atoms with Gasteiger partial charge in [-0.05, 0) is 6.08 Å². The first-order valence-corrected chi connectivity index (χ1v) is 4.25. The van der Waals surface area contributed by atoms with E-state index in [0.717, 1.165) is 0 Å². The van der Waals surface area contributed by atoms with Crippen LogP contribution in [0, 0.1) is 0 Å². The van der Waals surface area contributed by atoms with E-state index in [1.165, 1.54) is 0 Å². The van der Waals surface area contributed by atoms with Gasteiger partial charge in [-0.25, -0.2) is 4.79 Å². The summed E-state index contributed by atoms with van der Waals surface area (Å²) in [4.78, 5) is 12.4. The van der Waals surface area contributed by atoms with Gasteiger partial charge in [0.15, 0.2) is 5.54 Å². The van der Waals surface area contributed by atoms with E-state index in [1.54, 1.807) is 0 Å². The molecule has 8 heteroatoms. The highest BCUT2D eigenvalue weighted by Gasteiger charge is 2.55. The summed E-state index contributed by atoms with van der Waals surface area (Å²) < 4.78 is 74.7. The normalized spacial score (nSPS) is 25.2. The van der Waals surface area contributed by atoms with Crippen molar-refractivity contribution in [1.29, 1.82) is 0 Å². The van der Waals surface area contributed by atoms with Crippen molar-refractivity contribution >= 4 is 6.08 Å². The first-order chi connectivity index (χ1) is 7.62. The molecule has 0 saturated heterocycles. The summed E-state index contributed by atoms with van der Waals surface area (Å²) in [6.45, 7) is 0. The van der Waals surface area contributed by atoms with E-state index in [9.17, 15) is 31.1 Å². The second-order valence-corrected chi connectivity index (χ2v) is 3.33. The van der Waals surface area contributed by atoms with Crippen molar-refractivity contribution in [2.45, 2.75) is 24.3 Å². The van der Waals surface area contributed by atoms with Crippen LogP contribution in [0.25, 0.3) is 0 Å². The maximum absolute atomic E-state index is 12.6. The van der Waals surface area contributed by atoms with Gasteiger partial charge in [0.05, 0.1) is 5.57 Å². The number of halogens is 6. The van der Waals surface area contributed by atoms with E-state index >= 15 is 0 Å². The van der Waals surface area contributed by atoms with Crippen LogP contribution in [0.15, 0.2) is 28.8 Å². The van der Waals surface area contributed by atoms with Crippen LogP contribution < -0.4 is 0 Å². The van der Waals surface area contributed by atoms with Crippen molar-refractivity contribution in [3.63, 3.8) is 0 Å². The minimum atomic E-state index is -5.09. The van der Waals surface area contributed by atoms with Gasteiger partial charge in [0.2, 0.25) is 6.08 Å². The minimum Gasteiger partial charge on any atom is -0.211 e. The zero-order chi connectivity index (χ0) is 13.3. The van der Waals surface area contributed by atoms with E-state index in [1.807, 2.05) is 0 Å². The van der Waals surface area contributed by atoms with Crippen LogP contribution in [0.5, 0.6) is 0 Å². The summed E-state index contributed by atoms with van der Waals surface area (Å²) in [5, 5.41) is 0. The number of hydrogen-bond donors (Lipinski definition) is 0. The van der Waals surface area contributed by atoms with Crippen LogP contribution in [0.2, 0.25) is 0 Å². The molecule has 1 rings (SSSR count). The summed E-state index contributed by atoms with van der Waals surface area (Å²) in [7, 11) is 0. The van der Waals surface area contributed by atoms with Crippen LogP contribution in [-0.2, 0) is 4.79 Å². The van der Waals surface area contributed by atoms with Gasteiger partial charge >= 0.3 is 12.4 Å². The van der Waals surface area contributed by atoms with E-state index in [2.05, 4.69) is 4.99 Å². The lowest BCUT2D eigenvalue weighted by molar-refractivity contribution is -0.171. The van der Waals surface area contributed by atoms with Gasteiger partial charge in [0.1, 0.15) is 0 Å². The molecule has 1 atom stereocenters. The molecule has 0 heterocycles. The third kappa shape index (κ3) is 2.58. The largest absolute Gasteiger partial charge is 0.418 e. The fraction of sp³-hybridized carbons (Fsp3) is 0.444. The predicted molar refractivity (Wildman–Crippen MR) is 44.8 cm³/mol. The summed E-state index contributed by atoms with van der Waals surface area (Å²) in [5.74, 6) is 0. The molecule has 0 aliphatic heterocycles. The Balaban J connectivity index is 3.33. The molecular weight excluding hydrogens is 252 g/mol. The first-order valence-electron chi connectivity index (χ1n) is 4.25. The molecule has 0 fully saturated rings. The number of alkyl halides is 6. The average Bonchev–Trinajstić information content (AvgIpc) is 2.15. The van der Waals surface area contributed by atoms with Crippen molar-refractivity contribution in [1.82, 2.24) is 0 Å². The Labute approximate surface area is 91.3 Å². The lowest BCUT2D eigenvalue weighted by Crippen LogP contribution is -2.43. The molecular formula is C9H5F6NO. The Hall–Kier alpha value is -1.56. The molecule has 0 bridgehead atoms. The third-order valence-corrected chi connectivity index (χ3v) is 2.18. The van der Waals surface area contributed by atoms with Gasteiger partial charge in [-0.2, -0.15) is 31.3 Å². The van der Waals surface area contributed by atoms with Gasteiger partial charge in [-0.1, -0.05) is 12.2 Å². The molecule has 0 saturated carbocycles. The fourth-order valence-corrected chi connectivity index (χ4v) is 1.33. The van der Waals surface area contributed by atoms with Crippen molar-refractivity contribution in [2.75, 3.05) is 0 Å². The van der Waals surface area contributed by atoms with Crippen molar-refractivity contribution in [3.8, 4) is 0 Å². The zero-order valence-corrected chi connectivity index (χ0v) is 8.06. The molecule has 17 heavy (non-hydrogen) atoms. The van der Waals surface area contributed by atoms with Crippen LogP contribution in [0.4, 0.5) is 26.3 Å². The van der Waals surface area contributed by atoms with E-state index in [0.29, 0.717) is 18.2 Å². The monoisotopic (exact) mass is 257 g/mol. The Kier molecular flexibility index (Phi) is 3.20. The van der Waals surface area contributed by atoms with Gasteiger partial charge in [0, 0.05) is 6.42 Å². The quantitative estimate of drug-likeness (QED) is 0.403. The van der Waals surface area contributed by atoms with Crippen LogP contribution >= 0.6 is 0 Å². The average molecular weight is 257 g/mol. The van der Waals surface area contributed by atoms with E-state index < -0.39 is 29.9 Å². The molecule has 2 nitrogen and oxygen atoms in total. The highest BCUT2D eigenvalue weighted by atomic mass is 19.4. The van der Waals surface area contributed by atoms with Crippen LogP contribution in [0.3, 0.4) is 0 Å². The molecule has 0 aromatic rings. The number of rotatable bonds is 1. The molecule has 0 spiro atoms. The van der Waals surface area contributed by atoms with Gasteiger partial charge < -0.3 is 0 Å². The lowest BCUT2D eigenvalue weighted by Gasteiger charge is -2.29. The smallest absolute Gasteiger partial charge is 0.211 e. The Morgan fingerprint density at radius 1 is 1.24 bits per heavy atom. The van der Waals surface area contributed by atoms with Gasteiger partial charge in [-0.15, -0.1) is 0 Å². The SMILES string of the molecule is O=C=NC1(C(F)(F)F)C=C(C(F)(F)F)C=CC1. The van der Waals surface area contributed by atoms with Gasteiger partial charge in [-0.3, -0.25) is 0 Å². The Morgan fingerprint density at radius 3 is 2.24 bits per heavy atom. The second-order valence-electron chi connectivity index (χ2n) is 3.33. The number of allylic oxidation sites excluding steroid dienone is 2. The van der Waals surface area contributed by atoms with Crippen molar-refractivity contribution in [2.24, 2.45) is 4.99 Å². The van der Waals surface area contributed by atoms with Gasteiger partial charge in [0.25, 0.3) is 0 Å². The molecule has 0 N–H and O–H groups in total. The molecule has 94 valence electrons. The predicted octanol–water partition coefficient (Wildman–Crippen LogP) is 3.07. The number of nitrogens with zero attached hydrogens (tertiary/aromatic N) is 1. The van der Waals surface area contributed by atoms with Crippen molar-refractivity contribution in [3.05, 3.63) is 23.8 Å². The van der Waals surface area contributed by atoms with Crippen LogP contribution in [-0.4, -0.2) is 24.0 Å². The highest BCUT2D eigenvalue weighted by molar-refractivity contribution is 5.42. The topological polar surface area (TPSA) is 29.4 Å². The Morgan fingerprint density at radius 2 is 1.82 bits per heavy atom. The molecule has 0 aromatic heterocycles. The molecule has 1 aliphatic rings. The van der Waals surface area contributed by atoms with E-state index in [4.69, 9.17) is 0 Å². The third-order valence-electron chi connectivity index (χ3n) is 2.18. The molecule has 0 radical (unpaired) electrons. The summed E-state index contributed by atoms with van der Waals surface area (Å²) in [6.07, 6.45) is -9.11. The fourth-order valence-electron chi connectivity index (χ4n) is 1.33. The molecule has 0 aromatic carbocycles. The highest BCUT2D eigenvalue weighted by Crippen LogP contribution is 2.43. The Bertz CT molecular complexity index is 412. The molecule has 0 amide bonds. The van der Waals surface area contributed by atoms with Crippen LogP contribution in [0.1, 0.15) is 6.42 Å². The maximum Gasteiger partial charge on any atom is 0.418 e. The summed E-state index contributed by atoms with van der Waals surface area (Å²) in [6, 6.07) is 0. The molecule has 1 aliphatic carbocycles. The minimum absolute atomic E-state index is 0.0993. The number of aliphatic imine (C=N–C) groups is 1. The molecule has 1 unspecified atom stereocenters. The standard InChI is InChI=1S/C9H5F6NO/c10-8(11,12)6-2-1-3-7(4-6,16-5-17)9(13,14)15/h1-2,4H,3H2. The lowest BCUT2D eigenvalue weighted by atomic mass is 9.88. The van der Waals surface area contributed by atoms with Crippen molar-refractivity contribution < 1.29 is 31.1 Å². The summed E-state index contributed by atoms with van der Waals surface area (Å²) >= 11 is 0. The second kappa shape index (κ2) is 4.03. The maximum atomic E-state index is 12.6. The van der Waals surface area contributed by atoms with E-state index in [-0.39, 0.29) is 6.08 Å². The zero-order valence-electron chi connectivity index (χ0n) is 8.06. The first kappa shape index (κ1) is 13.5. The number of hydrogen-bond acceptors (Lipinski definition) is 2. The number of carbonyl (C=O) groups excluding carboxylic acids is 1. The number of isocyanates is 1.